The van der Waals surface area contributed by atoms with Crippen LogP contribution in [0.25, 0.3) is 0 Å². The zero-order chi connectivity index (χ0) is 14.0. The molecule has 2 N–H and O–H groups in total. The number of hydrogen-bond acceptors (Lipinski definition) is 3. The molecular weight excluding hydrogens is 240 g/mol. The van der Waals surface area contributed by atoms with Gasteiger partial charge >= 0.3 is 0 Å². The minimum Gasteiger partial charge on any atom is -0.504 e. The summed E-state index contributed by atoms with van der Waals surface area (Å²) < 4.78 is 7.19. The minimum absolute atomic E-state index is 0.110. The Morgan fingerprint density at radius 2 is 1.79 bits per heavy atom. The van der Waals surface area contributed by atoms with Gasteiger partial charge in [0.25, 0.3) is 0 Å². The van der Waals surface area contributed by atoms with Crippen LogP contribution in [-0.4, -0.2) is 16.9 Å². The highest BCUT2D eigenvalue weighted by Gasteiger charge is 2.10. The van der Waals surface area contributed by atoms with E-state index in [9.17, 15) is 5.11 Å². The van der Waals surface area contributed by atoms with E-state index < -0.39 is 0 Å². The normalized spacial score (nSPS) is 12.2. The number of hydrogen-bond donors (Lipinski definition) is 2. The Morgan fingerprint density at radius 1 is 1.16 bits per heavy atom. The molecule has 0 fully saturated rings. The Hall–Kier alpha value is -2.10. The van der Waals surface area contributed by atoms with Gasteiger partial charge in [0, 0.05) is 11.4 Å². The van der Waals surface area contributed by atoms with Crippen molar-refractivity contribution >= 4 is 0 Å². The van der Waals surface area contributed by atoms with E-state index in [4.69, 9.17) is 4.74 Å². The van der Waals surface area contributed by atoms with Gasteiger partial charge in [-0.1, -0.05) is 6.07 Å². The van der Waals surface area contributed by atoms with E-state index in [0.717, 1.165) is 17.0 Å². The average Bonchev–Trinajstić information content (AvgIpc) is 2.71. The van der Waals surface area contributed by atoms with Crippen molar-refractivity contribution < 1.29 is 9.84 Å². The van der Waals surface area contributed by atoms with E-state index in [1.807, 2.05) is 12.1 Å². The molecule has 0 aliphatic rings. The number of rotatable bonds is 4. The molecule has 2 rings (SSSR count). The molecule has 102 valence electrons. The van der Waals surface area contributed by atoms with Crippen LogP contribution in [0.1, 0.15) is 29.9 Å². The fourth-order valence-corrected chi connectivity index (χ4v) is 2.10. The van der Waals surface area contributed by atoms with Crippen molar-refractivity contribution in [1.29, 1.82) is 0 Å². The number of phenolic OH excluding ortho intramolecular Hbond substituents is 1. The quantitative estimate of drug-likeness (QED) is 0.888. The van der Waals surface area contributed by atoms with Gasteiger partial charge in [-0.3, -0.25) is 4.68 Å². The summed E-state index contributed by atoms with van der Waals surface area (Å²) in [7, 11) is 1.55. The van der Waals surface area contributed by atoms with Gasteiger partial charge in [0.05, 0.1) is 13.2 Å². The number of aromatic nitrogens is 1. The lowest BCUT2D eigenvalue weighted by atomic mass is 10.1. The number of nitrogens with zero attached hydrogens (tertiary/aromatic N) is 1. The first kappa shape index (κ1) is 13.3. The molecule has 0 amide bonds. The Balaban J connectivity index is 2.23. The van der Waals surface area contributed by atoms with Crippen molar-refractivity contribution in [3.05, 3.63) is 47.3 Å². The molecule has 1 atom stereocenters. The third kappa shape index (κ3) is 2.67. The number of benzene rings is 1. The first-order valence-corrected chi connectivity index (χ1v) is 6.31. The van der Waals surface area contributed by atoms with Crippen molar-refractivity contribution in [2.45, 2.75) is 26.8 Å². The average molecular weight is 260 g/mol. The van der Waals surface area contributed by atoms with Gasteiger partial charge in [0.1, 0.15) is 0 Å². The predicted molar refractivity (Wildman–Crippen MR) is 76.3 cm³/mol. The summed E-state index contributed by atoms with van der Waals surface area (Å²) in [5.41, 5.74) is 6.81. The van der Waals surface area contributed by atoms with Crippen LogP contribution in [0.2, 0.25) is 0 Å². The lowest BCUT2D eigenvalue weighted by molar-refractivity contribution is 0.372. The summed E-state index contributed by atoms with van der Waals surface area (Å²) in [6, 6.07) is 9.66. The van der Waals surface area contributed by atoms with Crippen LogP contribution < -0.4 is 10.2 Å². The third-order valence-corrected chi connectivity index (χ3v) is 3.30. The van der Waals surface area contributed by atoms with E-state index in [-0.39, 0.29) is 11.8 Å². The monoisotopic (exact) mass is 260 g/mol. The van der Waals surface area contributed by atoms with E-state index in [1.54, 1.807) is 13.2 Å². The van der Waals surface area contributed by atoms with Crippen molar-refractivity contribution in [3.8, 4) is 11.5 Å². The molecule has 0 bridgehead atoms. The van der Waals surface area contributed by atoms with E-state index in [0.29, 0.717) is 5.75 Å². The minimum atomic E-state index is 0.110. The molecule has 4 nitrogen and oxygen atoms in total. The molecule has 1 heterocycles. The lowest BCUT2D eigenvalue weighted by Gasteiger charge is -2.20. The van der Waals surface area contributed by atoms with E-state index >= 15 is 0 Å². The summed E-state index contributed by atoms with van der Waals surface area (Å²) in [5, 5.41) is 9.61. The fourth-order valence-electron chi connectivity index (χ4n) is 2.10. The number of methoxy groups -OCH3 is 1. The summed E-state index contributed by atoms with van der Waals surface area (Å²) in [5.74, 6) is 0.652. The molecule has 1 aromatic carbocycles. The maximum absolute atomic E-state index is 9.61. The lowest BCUT2D eigenvalue weighted by Crippen LogP contribution is -2.20. The summed E-state index contributed by atoms with van der Waals surface area (Å²) in [6.45, 7) is 6.19. The van der Waals surface area contributed by atoms with Crippen LogP contribution in [-0.2, 0) is 0 Å². The second kappa shape index (κ2) is 5.26. The van der Waals surface area contributed by atoms with Crippen LogP contribution in [0, 0.1) is 13.8 Å². The molecule has 19 heavy (non-hydrogen) atoms. The number of phenols is 1. The maximum atomic E-state index is 9.61. The number of nitrogens with one attached hydrogen (secondary N) is 1. The summed E-state index contributed by atoms with van der Waals surface area (Å²) in [6.07, 6.45) is 0. The van der Waals surface area contributed by atoms with Crippen LogP contribution in [0.3, 0.4) is 0 Å². The standard InChI is InChI=1S/C15H20N2O2/c1-10-5-6-11(2)17(10)16-12(3)13-7-8-14(18)15(9-13)19-4/h5-9,12,16,18H,1-4H3. The van der Waals surface area contributed by atoms with Crippen LogP contribution >= 0.6 is 0 Å². The van der Waals surface area contributed by atoms with Gasteiger partial charge in [-0.15, -0.1) is 0 Å². The molecule has 1 unspecified atom stereocenters. The Labute approximate surface area is 113 Å². The topological polar surface area (TPSA) is 46.4 Å². The number of aryl methyl sites for hydroxylation is 2. The van der Waals surface area contributed by atoms with Gasteiger partial charge in [0.15, 0.2) is 11.5 Å². The van der Waals surface area contributed by atoms with E-state index in [1.165, 1.54) is 0 Å². The smallest absolute Gasteiger partial charge is 0.160 e. The van der Waals surface area contributed by atoms with Crippen LogP contribution in [0.4, 0.5) is 0 Å². The first-order chi connectivity index (χ1) is 9.02. The van der Waals surface area contributed by atoms with Crippen molar-refractivity contribution in [1.82, 2.24) is 4.68 Å². The Kier molecular flexibility index (Phi) is 3.69. The molecule has 0 aliphatic heterocycles. The highest BCUT2D eigenvalue weighted by atomic mass is 16.5. The highest BCUT2D eigenvalue weighted by Crippen LogP contribution is 2.29. The molecule has 1 aromatic heterocycles. The second-order valence-corrected chi connectivity index (χ2v) is 4.73. The van der Waals surface area contributed by atoms with Gasteiger partial charge in [0.2, 0.25) is 0 Å². The van der Waals surface area contributed by atoms with Gasteiger partial charge in [-0.05, 0) is 50.6 Å². The zero-order valence-electron chi connectivity index (χ0n) is 11.8. The van der Waals surface area contributed by atoms with Crippen molar-refractivity contribution in [2.24, 2.45) is 0 Å². The van der Waals surface area contributed by atoms with Crippen molar-refractivity contribution in [2.75, 3.05) is 12.5 Å². The second-order valence-electron chi connectivity index (χ2n) is 4.73. The van der Waals surface area contributed by atoms with Crippen molar-refractivity contribution in [3.63, 3.8) is 0 Å². The van der Waals surface area contributed by atoms with Gasteiger partial charge in [-0.25, -0.2) is 0 Å². The van der Waals surface area contributed by atoms with Crippen LogP contribution in [0.15, 0.2) is 30.3 Å². The Bertz CT molecular complexity index is 556. The van der Waals surface area contributed by atoms with E-state index in [2.05, 4.69) is 43.0 Å². The predicted octanol–water partition coefficient (Wildman–Crippen LogP) is 3.12. The van der Waals surface area contributed by atoms with Crippen LogP contribution in [0.5, 0.6) is 11.5 Å². The Morgan fingerprint density at radius 3 is 2.37 bits per heavy atom. The molecule has 0 saturated heterocycles. The molecule has 0 saturated carbocycles. The fraction of sp³-hybridized carbons (Fsp3) is 0.333. The maximum Gasteiger partial charge on any atom is 0.160 e. The highest BCUT2D eigenvalue weighted by molar-refractivity contribution is 5.43. The molecule has 2 aromatic rings. The molecular formula is C15H20N2O2. The van der Waals surface area contributed by atoms with Gasteiger partial charge in [-0.2, -0.15) is 0 Å². The molecule has 0 radical (unpaired) electrons. The largest absolute Gasteiger partial charge is 0.504 e. The first-order valence-electron chi connectivity index (χ1n) is 6.31. The molecule has 4 heteroatoms. The zero-order valence-corrected chi connectivity index (χ0v) is 11.8. The SMILES string of the molecule is COc1cc(C(C)Nn2c(C)ccc2C)ccc1O. The molecule has 0 spiro atoms. The number of ether oxygens (including phenoxy) is 1. The van der Waals surface area contributed by atoms with Gasteiger partial charge < -0.3 is 15.3 Å². The third-order valence-electron chi connectivity index (χ3n) is 3.30. The number of aromatic hydroxyl groups is 1. The molecule has 0 aliphatic carbocycles. The summed E-state index contributed by atoms with van der Waals surface area (Å²) in [4.78, 5) is 0. The summed E-state index contributed by atoms with van der Waals surface area (Å²) >= 11 is 0.